The minimum absolute atomic E-state index is 0.628. The zero-order chi connectivity index (χ0) is 17.1. The zero-order valence-electron chi connectivity index (χ0n) is 14.4. The molecular weight excluding hydrogens is 312 g/mol. The lowest BCUT2D eigenvalue weighted by Gasteiger charge is -2.32. The van der Waals surface area contributed by atoms with Crippen LogP contribution >= 0.6 is 0 Å². The third-order valence-corrected chi connectivity index (χ3v) is 4.90. The van der Waals surface area contributed by atoms with E-state index < -0.39 is 0 Å². The highest BCUT2D eigenvalue weighted by Crippen LogP contribution is 2.27. The van der Waals surface area contributed by atoms with Gasteiger partial charge in [0, 0.05) is 38.7 Å². The number of pyridine rings is 1. The highest BCUT2D eigenvalue weighted by Gasteiger charge is 2.22. The van der Waals surface area contributed by atoms with Crippen molar-refractivity contribution >= 4 is 5.82 Å². The van der Waals surface area contributed by atoms with E-state index in [1.165, 1.54) is 0 Å². The minimum Gasteiger partial charge on any atom is -0.357 e. The fourth-order valence-corrected chi connectivity index (χ4v) is 3.50. The Hall–Kier alpha value is -2.76. The van der Waals surface area contributed by atoms with Crippen LogP contribution in [0.4, 0.5) is 5.82 Å². The lowest BCUT2D eigenvalue weighted by molar-refractivity contribution is 0.399. The Morgan fingerprint density at radius 3 is 2.60 bits per heavy atom. The van der Waals surface area contributed by atoms with E-state index in [9.17, 15) is 0 Å². The molecule has 0 N–H and O–H groups in total. The van der Waals surface area contributed by atoms with Gasteiger partial charge in [-0.2, -0.15) is 0 Å². The molecule has 4 rings (SSSR count). The van der Waals surface area contributed by atoms with Gasteiger partial charge in [-0.3, -0.25) is 9.97 Å². The first kappa shape index (κ1) is 15.7. The van der Waals surface area contributed by atoms with Crippen molar-refractivity contribution in [3.63, 3.8) is 0 Å². The molecule has 0 bridgehead atoms. The van der Waals surface area contributed by atoms with E-state index >= 15 is 0 Å². The molecule has 0 aromatic carbocycles. The van der Waals surface area contributed by atoms with Gasteiger partial charge in [-0.05, 0) is 37.3 Å². The van der Waals surface area contributed by atoms with Crippen LogP contribution in [0.3, 0.4) is 0 Å². The predicted molar refractivity (Wildman–Crippen MR) is 97.1 cm³/mol. The number of imidazole rings is 1. The van der Waals surface area contributed by atoms with Crippen molar-refractivity contribution < 1.29 is 0 Å². The SMILES string of the molecule is Cn1cncc1-c1nccnc1CC1CCN(c2ccccn2)CC1. The first-order valence-corrected chi connectivity index (χ1v) is 8.74. The van der Waals surface area contributed by atoms with Crippen molar-refractivity contribution in [2.75, 3.05) is 18.0 Å². The zero-order valence-corrected chi connectivity index (χ0v) is 14.4. The van der Waals surface area contributed by atoms with E-state index in [0.29, 0.717) is 5.92 Å². The number of rotatable bonds is 4. The van der Waals surface area contributed by atoms with E-state index in [0.717, 1.165) is 55.3 Å². The molecule has 1 aliphatic heterocycles. The molecule has 6 nitrogen and oxygen atoms in total. The molecule has 4 heterocycles. The number of nitrogens with zero attached hydrogens (tertiary/aromatic N) is 6. The van der Waals surface area contributed by atoms with Gasteiger partial charge < -0.3 is 9.47 Å². The smallest absolute Gasteiger partial charge is 0.128 e. The summed E-state index contributed by atoms with van der Waals surface area (Å²) in [7, 11) is 1.99. The molecular formula is C19H22N6. The summed E-state index contributed by atoms with van der Waals surface area (Å²) in [4.78, 5) is 20.2. The maximum Gasteiger partial charge on any atom is 0.128 e. The van der Waals surface area contributed by atoms with E-state index in [1.54, 1.807) is 18.7 Å². The fourth-order valence-electron chi connectivity index (χ4n) is 3.50. The van der Waals surface area contributed by atoms with Gasteiger partial charge in [0.15, 0.2) is 0 Å². The predicted octanol–water partition coefficient (Wildman–Crippen LogP) is 2.73. The van der Waals surface area contributed by atoms with Crippen LogP contribution in [0.5, 0.6) is 0 Å². The van der Waals surface area contributed by atoms with E-state index in [1.807, 2.05) is 36.1 Å². The van der Waals surface area contributed by atoms with Crippen LogP contribution in [-0.4, -0.2) is 37.6 Å². The van der Waals surface area contributed by atoms with Crippen molar-refractivity contribution in [2.45, 2.75) is 19.3 Å². The summed E-state index contributed by atoms with van der Waals surface area (Å²) in [5.74, 6) is 1.71. The molecule has 0 spiro atoms. The monoisotopic (exact) mass is 334 g/mol. The summed E-state index contributed by atoms with van der Waals surface area (Å²) >= 11 is 0. The number of aromatic nitrogens is 5. The van der Waals surface area contributed by atoms with Gasteiger partial charge in [0.05, 0.1) is 23.9 Å². The summed E-state index contributed by atoms with van der Waals surface area (Å²) < 4.78 is 2.00. The summed E-state index contributed by atoms with van der Waals surface area (Å²) in [5.41, 5.74) is 3.05. The van der Waals surface area contributed by atoms with Crippen molar-refractivity contribution in [3.05, 3.63) is 55.0 Å². The lowest BCUT2D eigenvalue weighted by Crippen LogP contribution is -2.34. The van der Waals surface area contributed by atoms with E-state index in [4.69, 9.17) is 0 Å². The van der Waals surface area contributed by atoms with Crippen LogP contribution < -0.4 is 4.90 Å². The second kappa shape index (κ2) is 7.01. The fraction of sp³-hybridized carbons (Fsp3) is 0.368. The Labute approximate surface area is 147 Å². The van der Waals surface area contributed by atoms with Gasteiger partial charge in [0.2, 0.25) is 0 Å². The van der Waals surface area contributed by atoms with Crippen LogP contribution in [0, 0.1) is 5.92 Å². The summed E-state index contributed by atoms with van der Waals surface area (Å²) in [5, 5.41) is 0. The highest BCUT2D eigenvalue weighted by molar-refractivity contribution is 5.56. The van der Waals surface area contributed by atoms with Gasteiger partial charge >= 0.3 is 0 Å². The molecule has 0 atom stereocenters. The molecule has 0 aliphatic carbocycles. The molecule has 3 aromatic heterocycles. The molecule has 0 amide bonds. The minimum atomic E-state index is 0.628. The van der Waals surface area contributed by atoms with Gasteiger partial charge in [-0.25, -0.2) is 9.97 Å². The molecule has 1 saturated heterocycles. The first-order chi connectivity index (χ1) is 12.3. The lowest BCUT2D eigenvalue weighted by atomic mass is 9.91. The van der Waals surface area contributed by atoms with Gasteiger partial charge in [-0.15, -0.1) is 0 Å². The molecule has 1 fully saturated rings. The molecule has 1 aliphatic rings. The summed E-state index contributed by atoms with van der Waals surface area (Å²) in [6.45, 7) is 2.09. The normalized spacial score (nSPS) is 15.5. The molecule has 25 heavy (non-hydrogen) atoms. The molecule has 0 saturated carbocycles. The summed E-state index contributed by atoms with van der Waals surface area (Å²) in [6, 6.07) is 6.10. The Kier molecular flexibility index (Phi) is 4.41. The Balaban J connectivity index is 1.45. The average Bonchev–Trinajstić information content (AvgIpc) is 3.09. The van der Waals surface area contributed by atoms with Crippen molar-refractivity contribution in [3.8, 4) is 11.4 Å². The van der Waals surface area contributed by atoms with Gasteiger partial charge in [0.1, 0.15) is 11.5 Å². The maximum absolute atomic E-state index is 4.62. The van der Waals surface area contributed by atoms with Crippen molar-refractivity contribution in [1.29, 1.82) is 0 Å². The molecule has 3 aromatic rings. The Morgan fingerprint density at radius 1 is 1.04 bits per heavy atom. The van der Waals surface area contributed by atoms with Gasteiger partial charge in [-0.1, -0.05) is 6.07 Å². The molecule has 0 radical (unpaired) electrons. The highest BCUT2D eigenvalue weighted by atomic mass is 15.2. The number of anilines is 1. The number of piperidine rings is 1. The van der Waals surface area contributed by atoms with Crippen LogP contribution in [0.1, 0.15) is 18.5 Å². The third kappa shape index (κ3) is 3.38. The third-order valence-electron chi connectivity index (χ3n) is 4.90. The molecule has 0 unspecified atom stereocenters. The van der Waals surface area contributed by atoms with E-state index in [-0.39, 0.29) is 0 Å². The van der Waals surface area contributed by atoms with Crippen LogP contribution in [0.15, 0.2) is 49.3 Å². The Bertz CT molecular complexity index is 821. The quantitative estimate of drug-likeness (QED) is 0.734. The topological polar surface area (TPSA) is 59.7 Å². The molecule has 6 heteroatoms. The second-order valence-electron chi connectivity index (χ2n) is 6.56. The summed E-state index contributed by atoms with van der Waals surface area (Å²) in [6.07, 6.45) is 12.3. The maximum atomic E-state index is 4.62. The number of hydrogen-bond donors (Lipinski definition) is 0. The number of hydrogen-bond acceptors (Lipinski definition) is 5. The first-order valence-electron chi connectivity index (χ1n) is 8.74. The van der Waals surface area contributed by atoms with Crippen molar-refractivity contribution in [2.24, 2.45) is 13.0 Å². The van der Waals surface area contributed by atoms with Crippen LogP contribution in [0.25, 0.3) is 11.4 Å². The standard InChI is InChI=1S/C19H22N6/c1-24-14-20-13-17(24)19-16(21-8-9-23-19)12-15-5-10-25(11-6-15)18-4-2-3-7-22-18/h2-4,7-9,13-15H,5-6,10-12H2,1H3. The van der Waals surface area contributed by atoms with Crippen molar-refractivity contribution in [1.82, 2.24) is 24.5 Å². The van der Waals surface area contributed by atoms with Crippen LogP contribution in [0.2, 0.25) is 0 Å². The van der Waals surface area contributed by atoms with E-state index in [2.05, 4.69) is 30.9 Å². The molecule has 128 valence electrons. The number of aryl methyl sites for hydroxylation is 1. The van der Waals surface area contributed by atoms with Crippen LogP contribution in [-0.2, 0) is 13.5 Å². The van der Waals surface area contributed by atoms with Gasteiger partial charge in [0.25, 0.3) is 0 Å². The average molecular weight is 334 g/mol. The second-order valence-corrected chi connectivity index (χ2v) is 6.56. The Morgan fingerprint density at radius 2 is 1.88 bits per heavy atom. The largest absolute Gasteiger partial charge is 0.357 e.